The number of fused-ring (bicyclic) bond motifs is 1. The van der Waals surface area contributed by atoms with Gasteiger partial charge in [-0.05, 0) is 56.2 Å². The highest BCUT2D eigenvalue weighted by atomic mass is 16.7. The number of rotatable bonds is 6. The number of hydrogen-bond acceptors (Lipinski definition) is 4. The largest absolute Gasteiger partial charge is 0.352 e. The molecule has 5 heteroatoms. The van der Waals surface area contributed by atoms with Crippen LogP contribution in [0.25, 0.3) is 0 Å². The van der Waals surface area contributed by atoms with Crippen LogP contribution in [0, 0.1) is 0 Å². The third-order valence-electron chi connectivity index (χ3n) is 6.62. The van der Waals surface area contributed by atoms with Crippen molar-refractivity contribution in [2.45, 2.75) is 76.2 Å². The first-order valence-corrected chi connectivity index (χ1v) is 11.1. The summed E-state index contributed by atoms with van der Waals surface area (Å²) in [5.74, 6) is -0.188. The minimum atomic E-state index is -0.356. The molecule has 1 amide bonds. The molecule has 0 aromatic heterocycles. The maximum Gasteiger partial charge on any atom is 0.234 e. The van der Waals surface area contributed by atoms with Crippen molar-refractivity contribution in [2.75, 3.05) is 26.3 Å². The van der Waals surface area contributed by atoms with Gasteiger partial charge in [-0.15, -0.1) is 0 Å². The number of carbonyl (C=O) groups is 1. The summed E-state index contributed by atoms with van der Waals surface area (Å²) in [5.41, 5.74) is 2.93. The molecule has 2 fully saturated rings. The molecule has 1 spiro atoms. The summed E-state index contributed by atoms with van der Waals surface area (Å²) >= 11 is 0. The maximum absolute atomic E-state index is 12.8. The molecular weight excluding hydrogens is 352 g/mol. The number of ether oxygens (including phenoxy) is 2. The number of hydrogen-bond donors (Lipinski definition) is 1. The van der Waals surface area contributed by atoms with Crippen LogP contribution in [0.1, 0.15) is 56.6 Å². The first-order chi connectivity index (χ1) is 13.7. The molecule has 1 heterocycles. The van der Waals surface area contributed by atoms with Crippen LogP contribution in [-0.4, -0.2) is 55.0 Å². The van der Waals surface area contributed by atoms with Gasteiger partial charge >= 0.3 is 0 Å². The highest BCUT2D eigenvalue weighted by Crippen LogP contribution is 2.35. The standard InChI is InChI=1S/C23H34N2O3/c1-2-13-25(21-8-7-18-5-3-4-6-19(18)16-21)17-22(26)24-20-9-11-23(12-10-20)27-14-15-28-23/h3-6,20-21H,2,7-17H2,1H3,(H,24,26)/t21-/m1/s1. The molecule has 1 atom stereocenters. The zero-order valence-electron chi connectivity index (χ0n) is 17.1. The summed E-state index contributed by atoms with van der Waals surface area (Å²) in [7, 11) is 0. The highest BCUT2D eigenvalue weighted by Gasteiger charge is 2.40. The summed E-state index contributed by atoms with van der Waals surface area (Å²) < 4.78 is 11.6. The van der Waals surface area contributed by atoms with Gasteiger partial charge in [-0.25, -0.2) is 0 Å². The van der Waals surface area contributed by atoms with Crippen molar-refractivity contribution >= 4 is 5.91 Å². The van der Waals surface area contributed by atoms with Crippen LogP contribution in [0.5, 0.6) is 0 Å². The van der Waals surface area contributed by atoms with Gasteiger partial charge in [0.25, 0.3) is 0 Å². The van der Waals surface area contributed by atoms with E-state index in [1.54, 1.807) is 0 Å². The van der Waals surface area contributed by atoms with Crippen molar-refractivity contribution in [1.82, 2.24) is 10.2 Å². The van der Waals surface area contributed by atoms with Crippen molar-refractivity contribution < 1.29 is 14.3 Å². The fraction of sp³-hybridized carbons (Fsp3) is 0.696. The third-order valence-corrected chi connectivity index (χ3v) is 6.62. The van der Waals surface area contributed by atoms with Gasteiger partial charge in [0, 0.05) is 24.9 Å². The van der Waals surface area contributed by atoms with Crippen molar-refractivity contribution in [2.24, 2.45) is 0 Å². The Morgan fingerprint density at radius 2 is 1.86 bits per heavy atom. The van der Waals surface area contributed by atoms with Gasteiger partial charge in [-0.1, -0.05) is 31.2 Å². The number of amides is 1. The average Bonchev–Trinajstić information content (AvgIpc) is 3.17. The SMILES string of the molecule is CCCN(CC(=O)NC1CCC2(CC1)OCCO2)[C@@H]1CCc2ccccc2C1. The molecule has 2 aliphatic carbocycles. The van der Waals surface area contributed by atoms with Crippen LogP contribution >= 0.6 is 0 Å². The lowest BCUT2D eigenvalue weighted by molar-refractivity contribution is -0.180. The van der Waals surface area contributed by atoms with E-state index in [0.29, 0.717) is 25.8 Å². The van der Waals surface area contributed by atoms with Gasteiger partial charge in [0.15, 0.2) is 5.79 Å². The van der Waals surface area contributed by atoms with E-state index in [-0.39, 0.29) is 17.7 Å². The van der Waals surface area contributed by atoms with Crippen LogP contribution in [0.4, 0.5) is 0 Å². The van der Waals surface area contributed by atoms with E-state index < -0.39 is 0 Å². The Labute approximate surface area is 168 Å². The number of aryl methyl sites for hydroxylation is 1. The molecule has 1 aromatic carbocycles. The quantitative estimate of drug-likeness (QED) is 0.816. The fourth-order valence-corrected chi connectivity index (χ4v) is 5.11. The van der Waals surface area contributed by atoms with E-state index in [1.807, 2.05) is 0 Å². The molecule has 4 rings (SSSR count). The first kappa shape index (κ1) is 19.9. The second kappa shape index (κ2) is 8.93. The molecule has 5 nitrogen and oxygen atoms in total. The first-order valence-electron chi connectivity index (χ1n) is 11.1. The molecule has 1 saturated carbocycles. The summed E-state index contributed by atoms with van der Waals surface area (Å²) in [6.07, 6.45) is 8.05. The van der Waals surface area contributed by atoms with E-state index in [0.717, 1.165) is 57.9 Å². The number of nitrogens with zero attached hydrogens (tertiary/aromatic N) is 1. The normalized spacial score (nSPS) is 24.4. The van der Waals surface area contributed by atoms with E-state index in [9.17, 15) is 4.79 Å². The molecule has 3 aliphatic rings. The zero-order chi connectivity index (χ0) is 19.4. The van der Waals surface area contributed by atoms with E-state index in [2.05, 4.69) is 41.4 Å². The Hall–Kier alpha value is -1.43. The lowest BCUT2D eigenvalue weighted by Gasteiger charge is -2.37. The summed E-state index contributed by atoms with van der Waals surface area (Å²) in [6, 6.07) is 9.47. The third kappa shape index (κ3) is 4.58. The molecule has 0 bridgehead atoms. The van der Waals surface area contributed by atoms with Gasteiger partial charge in [0.1, 0.15) is 0 Å². The molecule has 1 saturated heterocycles. The Morgan fingerprint density at radius 3 is 2.57 bits per heavy atom. The molecule has 1 aliphatic heterocycles. The minimum absolute atomic E-state index is 0.168. The number of benzene rings is 1. The molecule has 154 valence electrons. The van der Waals surface area contributed by atoms with E-state index in [1.165, 1.54) is 11.1 Å². The van der Waals surface area contributed by atoms with Gasteiger partial charge in [0.05, 0.1) is 19.8 Å². The van der Waals surface area contributed by atoms with Crippen LogP contribution in [0.15, 0.2) is 24.3 Å². The van der Waals surface area contributed by atoms with E-state index >= 15 is 0 Å². The Bertz CT molecular complexity index is 662. The number of carbonyl (C=O) groups excluding carboxylic acids is 1. The zero-order valence-corrected chi connectivity index (χ0v) is 17.1. The smallest absolute Gasteiger partial charge is 0.234 e. The second-order valence-electron chi connectivity index (χ2n) is 8.59. The van der Waals surface area contributed by atoms with E-state index in [4.69, 9.17) is 9.47 Å². The highest BCUT2D eigenvalue weighted by molar-refractivity contribution is 5.78. The van der Waals surface area contributed by atoms with Crippen molar-refractivity contribution in [3.05, 3.63) is 35.4 Å². The molecule has 28 heavy (non-hydrogen) atoms. The predicted molar refractivity (Wildman–Crippen MR) is 109 cm³/mol. The van der Waals surface area contributed by atoms with Crippen LogP contribution in [0.3, 0.4) is 0 Å². The van der Waals surface area contributed by atoms with Crippen LogP contribution < -0.4 is 5.32 Å². The lowest BCUT2D eigenvalue weighted by Crippen LogP contribution is -2.49. The van der Waals surface area contributed by atoms with Gasteiger partial charge in [-0.2, -0.15) is 0 Å². The van der Waals surface area contributed by atoms with Crippen molar-refractivity contribution in [3.8, 4) is 0 Å². The Kier molecular flexibility index (Phi) is 6.34. The van der Waals surface area contributed by atoms with Crippen molar-refractivity contribution in [1.29, 1.82) is 0 Å². The Morgan fingerprint density at radius 1 is 1.14 bits per heavy atom. The van der Waals surface area contributed by atoms with Gasteiger partial charge in [0.2, 0.25) is 5.91 Å². The van der Waals surface area contributed by atoms with Crippen molar-refractivity contribution in [3.63, 3.8) is 0 Å². The van der Waals surface area contributed by atoms with Gasteiger partial charge < -0.3 is 14.8 Å². The molecule has 1 aromatic rings. The molecule has 0 unspecified atom stereocenters. The summed E-state index contributed by atoms with van der Waals surface area (Å²) in [6.45, 7) is 5.09. The molecule has 0 radical (unpaired) electrons. The average molecular weight is 387 g/mol. The Balaban J connectivity index is 1.29. The fourth-order valence-electron chi connectivity index (χ4n) is 5.11. The maximum atomic E-state index is 12.8. The summed E-state index contributed by atoms with van der Waals surface area (Å²) in [5, 5.41) is 3.28. The molecular formula is C23H34N2O3. The van der Waals surface area contributed by atoms with Gasteiger partial charge in [-0.3, -0.25) is 9.69 Å². The lowest BCUT2D eigenvalue weighted by atomic mass is 9.87. The topological polar surface area (TPSA) is 50.8 Å². The minimum Gasteiger partial charge on any atom is -0.352 e. The van der Waals surface area contributed by atoms with Crippen LogP contribution in [0.2, 0.25) is 0 Å². The summed E-state index contributed by atoms with van der Waals surface area (Å²) in [4.78, 5) is 15.2. The predicted octanol–water partition coefficient (Wildman–Crippen LogP) is 3.06. The monoisotopic (exact) mass is 386 g/mol. The van der Waals surface area contributed by atoms with Crippen LogP contribution in [-0.2, 0) is 27.1 Å². The second-order valence-corrected chi connectivity index (χ2v) is 8.59. The number of nitrogens with one attached hydrogen (secondary N) is 1. The molecule has 1 N–H and O–H groups in total.